The zero-order valence-electron chi connectivity index (χ0n) is 17.9. The summed E-state index contributed by atoms with van der Waals surface area (Å²) in [5.74, 6) is 2.66. The van der Waals surface area contributed by atoms with Gasteiger partial charge in [0.05, 0.1) is 17.4 Å². The first-order valence-electron chi connectivity index (χ1n) is 11.5. The maximum Gasteiger partial charge on any atom is 0.159 e. The van der Waals surface area contributed by atoms with E-state index < -0.39 is 0 Å². The van der Waals surface area contributed by atoms with Crippen LogP contribution in [0.2, 0.25) is 5.02 Å². The molecule has 164 valence electrons. The van der Waals surface area contributed by atoms with Crippen LogP contribution in [0.25, 0.3) is 16.6 Å². The summed E-state index contributed by atoms with van der Waals surface area (Å²) in [4.78, 5) is 6.78. The molecule has 2 fully saturated rings. The molecule has 1 aromatic carbocycles. The van der Waals surface area contributed by atoms with Crippen LogP contribution in [-0.4, -0.2) is 54.0 Å². The third-order valence-electron chi connectivity index (χ3n) is 6.77. The van der Waals surface area contributed by atoms with Crippen LogP contribution >= 0.6 is 11.6 Å². The van der Waals surface area contributed by atoms with Crippen molar-refractivity contribution in [1.82, 2.24) is 25.4 Å². The summed E-state index contributed by atoms with van der Waals surface area (Å²) in [5, 5.41) is 14.1. The first-order valence-corrected chi connectivity index (χ1v) is 11.9. The number of pyridine rings is 1. The zero-order chi connectivity index (χ0) is 21.0. The van der Waals surface area contributed by atoms with Crippen LogP contribution in [0, 0.1) is 11.8 Å². The Morgan fingerprint density at radius 2 is 1.68 bits per heavy atom. The third kappa shape index (κ3) is 4.71. The van der Waals surface area contributed by atoms with Gasteiger partial charge in [-0.3, -0.25) is 4.98 Å². The van der Waals surface area contributed by atoms with Gasteiger partial charge in [-0.1, -0.05) is 11.6 Å². The van der Waals surface area contributed by atoms with E-state index in [1.165, 1.54) is 45.3 Å². The van der Waals surface area contributed by atoms with Crippen molar-refractivity contribution in [2.75, 3.05) is 44.2 Å². The number of halogens is 1. The number of anilines is 1. The van der Waals surface area contributed by atoms with Gasteiger partial charge in [0.15, 0.2) is 5.82 Å². The standard InChI is InChI=1S/C24H31ClN6/c25-20-1-3-21(4-2-20)31-23-17-27-12-7-22(23)24(29-31)30-13-8-19(9-14-30)16-28-15-18-5-10-26-11-6-18/h1-4,7,12,17-19,26,28H,5-6,8-11,13-16H2. The average molecular weight is 439 g/mol. The van der Waals surface area contributed by atoms with Gasteiger partial charge in [-0.2, -0.15) is 0 Å². The van der Waals surface area contributed by atoms with E-state index in [4.69, 9.17) is 16.7 Å². The minimum atomic E-state index is 0.731. The number of piperidine rings is 2. The van der Waals surface area contributed by atoms with Crippen molar-refractivity contribution in [3.63, 3.8) is 0 Å². The third-order valence-corrected chi connectivity index (χ3v) is 7.03. The molecule has 0 atom stereocenters. The minimum absolute atomic E-state index is 0.731. The molecule has 5 rings (SSSR count). The monoisotopic (exact) mass is 438 g/mol. The van der Waals surface area contributed by atoms with Crippen LogP contribution in [0.4, 0.5) is 5.82 Å². The molecule has 0 amide bonds. The molecule has 2 N–H and O–H groups in total. The second kappa shape index (κ2) is 9.55. The lowest BCUT2D eigenvalue weighted by molar-refractivity contribution is 0.327. The molecule has 0 saturated carbocycles. The zero-order valence-corrected chi connectivity index (χ0v) is 18.7. The number of hydrogen-bond donors (Lipinski definition) is 2. The van der Waals surface area contributed by atoms with Gasteiger partial charge >= 0.3 is 0 Å². The Kier molecular flexibility index (Phi) is 6.39. The molecule has 0 bridgehead atoms. The molecule has 0 unspecified atom stereocenters. The number of hydrogen-bond acceptors (Lipinski definition) is 5. The highest BCUT2D eigenvalue weighted by Crippen LogP contribution is 2.31. The maximum absolute atomic E-state index is 6.08. The highest BCUT2D eigenvalue weighted by atomic mass is 35.5. The molecule has 2 aromatic heterocycles. The molecular weight excluding hydrogens is 408 g/mol. The van der Waals surface area contributed by atoms with Gasteiger partial charge in [-0.05, 0) is 94.0 Å². The molecule has 4 heterocycles. The predicted octanol–water partition coefficient (Wildman–Crippen LogP) is 3.88. The second-order valence-corrected chi connectivity index (χ2v) is 9.32. The van der Waals surface area contributed by atoms with E-state index in [0.717, 1.165) is 58.9 Å². The summed E-state index contributed by atoms with van der Waals surface area (Å²) < 4.78 is 1.99. The lowest BCUT2D eigenvalue weighted by Crippen LogP contribution is -2.39. The van der Waals surface area contributed by atoms with Crippen molar-refractivity contribution in [3.05, 3.63) is 47.7 Å². The summed E-state index contributed by atoms with van der Waals surface area (Å²) >= 11 is 6.08. The fourth-order valence-corrected chi connectivity index (χ4v) is 5.01. The molecular formula is C24H31ClN6. The quantitative estimate of drug-likeness (QED) is 0.611. The van der Waals surface area contributed by atoms with E-state index in [0.29, 0.717) is 0 Å². The highest BCUT2D eigenvalue weighted by molar-refractivity contribution is 6.30. The van der Waals surface area contributed by atoms with Gasteiger partial charge in [0.1, 0.15) is 0 Å². The van der Waals surface area contributed by atoms with E-state index in [1.54, 1.807) is 0 Å². The van der Waals surface area contributed by atoms with Crippen LogP contribution < -0.4 is 15.5 Å². The first kappa shape index (κ1) is 20.7. The van der Waals surface area contributed by atoms with E-state index in [-0.39, 0.29) is 0 Å². The van der Waals surface area contributed by atoms with Crippen molar-refractivity contribution in [3.8, 4) is 5.69 Å². The Bertz CT molecular complexity index is 987. The Labute approximate surface area is 189 Å². The van der Waals surface area contributed by atoms with Gasteiger partial charge in [-0.25, -0.2) is 4.68 Å². The molecule has 0 aliphatic carbocycles. The van der Waals surface area contributed by atoms with E-state index in [2.05, 4.69) is 26.6 Å². The van der Waals surface area contributed by atoms with Crippen LogP contribution in [0.3, 0.4) is 0 Å². The molecule has 0 radical (unpaired) electrons. The Morgan fingerprint density at radius 1 is 0.968 bits per heavy atom. The first-order chi connectivity index (χ1) is 15.3. The molecule has 7 heteroatoms. The second-order valence-electron chi connectivity index (χ2n) is 8.89. The van der Waals surface area contributed by atoms with Crippen molar-refractivity contribution >= 4 is 28.3 Å². The molecule has 6 nitrogen and oxygen atoms in total. The lowest BCUT2D eigenvalue weighted by atomic mass is 9.95. The molecule has 2 aliphatic rings. The SMILES string of the molecule is Clc1ccc(-n2nc(N3CCC(CNCC4CCNCC4)CC3)c3ccncc32)cc1. The molecule has 3 aromatic rings. The number of nitrogens with zero attached hydrogens (tertiary/aromatic N) is 4. The number of aromatic nitrogens is 3. The lowest BCUT2D eigenvalue weighted by Gasteiger charge is -2.33. The Morgan fingerprint density at radius 3 is 2.42 bits per heavy atom. The normalized spacial score (nSPS) is 18.7. The number of fused-ring (bicyclic) bond motifs is 1. The molecule has 0 spiro atoms. The Balaban J connectivity index is 1.24. The van der Waals surface area contributed by atoms with E-state index in [1.807, 2.05) is 41.3 Å². The molecule has 31 heavy (non-hydrogen) atoms. The van der Waals surface area contributed by atoms with Gasteiger partial charge < -0.3 is 15.5 Å². The van der Waals surface area contributed by atoms with E-state index in [9.17, 15) is 0 Å². The summed E-state index contributed by atoms with van der Waals surface area (Å²) in [6.45, 7) is 6.77. The van der Waals surface area contributed by atoms with Gasteiger partial charge in [0.2, 0.25) is 0 Å². The summed E-state index contributed by atoms with van der Waals surface area (Å²) in [7, 11) is 0. The van der Waals surface area contributed by atoms with Crippen molar-refractivity contribution in [2.45, 2.75) is 25.7 Å². The fraction of sp³-hybridized carbons (Fsp3) is 0.500. The average Bonchev–Trinajstić information content (AvgIpc) is 3.21. The van der Waals surface area contributed by atoms with Crippen molar-refractivity contribution in [2.24, 2.45) is 11.8 Å². The minimum Gasteiger partial charge on any atom is -0.355 e. The molecule has 2 aliphatic heterocycles. The van der Waals surface area contributed by atoms with Crippen LogP contribution in [0.1, 0.15) is 25.7 Å². The molecule has 2 saturated heterocycles. The number of benzene rings is 1. The number of rotatable bonds is 6. The number of nitrogens with one attached hydrogen (secondary N) is 2. The maximum atomic E-state index is 6.08. The van der Waals surface area contributed by atoms with Gasteiger partial charge in [0, 0.05) is 29.7 Å². The van der Waals surface area contributed by atoms with Gasteiger partial charge in [0.25, 0.3) is 0 Å². The van der Waals surface area contributed by atoms with Crippen molar-refractivity contribution < 1.29 is 0 Å². The van der Waals surface area contributed by atoms with Crippen molar-refractivity contribution in [1.29, 1.82) is 0 Å². The summed E-state index contributed by atoms with van der Waals surface area (Å²) in [5.41, 5.74) is 2.04. The fourth-order valence-electron chi connectivity index (χ4n) is 4.89. The Hall–Kier alpha value is -2.15. The smallest absolute Gasteiger partial charge is 0.159 e. The van der Waals surface area contributed by atoms with Gasteiger partial charge in [-0.15, -0.1) is 5.10 Å². The highest BCUT2D eigenvalue weighted by Gasteiger charge is 2.24. The van der Waals surface area contributed by atoms with Crippen LogP contribution in [0.5, 0.6) is 0 Å². The summed E-state index contributed by atoms with van der Waals surface area (Å²) in [6, 6.07) is 9.90. The van der Waals surface area contributed by atoms with Crippen LogP contribution in [0.15, 0.2) is 42.7 Å². The largest absolute Gasteiger partial charge is 0.355 e. The summed E-state index contributed by atoms with van der Waals surface area (Å²) in [6.07, 6.45) is 8.79. The topological polar surface area (TPSA) is 58.0 Å². The van der Waals surface area contributed by atoms with E-state index >= 15 is 0 Å². The van der Waals surface area contributed by atoms with Crippen LogP contribution in [-0.2, 0) is 0 Å². The predicted molar refractivity (Wildman–Crippen MR) is 127 cm³/mol.